The molecule has 0 aliphatic carbocycles. The number of nitrogens with one attached hydrogen (secondary N) is 2. The van der Waals surface area contributed by atoms with Crippen molar-refractivity contribution in [2.24, 2.45) is 5.73 Å². The molecular formula is C21H20ClN3O2S. The standard InChI is InChI=1S/C21H20ClN3O2S/c1-13-16(20(26)24-12-15-5-2-4-14(10-15)11-23)6-3-7-17(13)25-21(27)18-8-9-19(22)28-18/h2-10H,11-12,23H2,1H3,(H,24,26)(H,25,27). The highest BCUT2D eigenvalue weighted by atomic mass is 35.5. The number of nitrogens with two attached hydrogens (primary N) is 1. The second-order valence-corrected chi connectivity index (χ2v) is 7.96. The minimum atomic E-state index is -0.254. The summed E-state index contributed by atoms with van der Waals surface area (Å²) < 4.78 is 0.550. The van der Waals surface area contributed by atoms with Crippen molar-refractivity contribution in [3.8, 4) is 0 Å². The molecule has 0 atom stereocenters. The van der Waals surface area contributed by atoms with E-state index in [4.69, 9.17) is 17.3 Å². The number of hydrogen-bond acceptors (Lipinski definition) is 4. The van der Waals surface area contributed by atoms with E-state index in [0.717, 1.165) is 11.1 Å². The Morgan fingerprint density at radius 1 is 1.04 bits per heavy atom. The van der Waals surface area contributed by atoms with Gasteiger partial charge >= 0.3 is 0 Å². The summed E-state index contributed by atoms with van der Waals surface area (Å²) in [4.78, 5) is 25.5. The fraction of sp³-hybridized carbons (Fsp3) is 0.143. The first-order valence-corrected chi connectivity index (χ1v) is 9.89. The van der Waals surface area contributed by atoms with Crippen molar-refractivity contribution in [2.45, 2.75) is 20.0 Å². The van der Waals surface area contributed by atoms with Crippen LogP contribution in [0.25, 0.3) is 0 Å². The van der Waals surface area contributed by atoms with Gasteiger partial charge in [-0.05, 0) is 47.9 Å². The van der Waals surface area contributed by atoms with E-state index in [-0.39, 0.29) is 11.8 Å². The van der Waals surface area contributed by atoms with Gasteiger partial charge in [-0.2, -0.15) is 0 Å². The van der Waals surface area contributed by atoms with Gasteiger partial charge in [-0.25, -0.2) is 0 Å². The van der Waals surface area contributed by atoms with Crippen LogP contribution in [0, 0.1) is 6.92 Å². The predicted molar refractivity (Wildman–Crippen MR) is 114 cm³/mol. The van der Waals surface area contributed by atoms with Gasteiger partial charge in [0.1, 0.15) is 0 Å². The fourth-order valence-electron chi connectivity index (χ4n) is 2.78. The molecule has 0 aliphatic heterocycles. The predicted octanol–water partition coefficient (Wildman–Crippen LogP) is 4.35. The molecule has 2 aromatic carbocycles. The molecular weight excluding hydrogens is 394 g/mol. The lowest BCUT2D eigenvalue weighted by atomic mass is 10.1. The normalized spacial score (nSPS) is 10.5. The Hall–Kier alpha value is -2.67. The van der Waals surface area contributed by atoms with Gasteiger partial charge < -0.3 is 16.4 Å². The molecule has 0 aliphatic rings. The van der Waals surface area contributed by atoms with Crippen LogP contribution in [0.1, 0.15) is 36.7 Å². The first-order chi connectivity index (χ1) is 13.5. The monoisotopic (exact) mass is 413 g/mol. The molecule has 2 amide bonds. The number of carbonyl (C=O) groups excluding carboxylic acids is 2. The number of amides is 2. The number of carbonyl (C=O) groups is 2. The van der Waals surface area contributed by atoms with E-state index < -0.39 is 0 Å². The van der Waals surface area contributed by atoms with Crippen LogP contribution in [0.15, 0.2) is 54.6 Å². The van der Waals surface area contributed by atoms with Crippen LogP contribution in [-0.2, 0) is 13.1 Å². The minimum absolute atomic E-state index is 0.203. The molecule has 1 aromatic heterocycles. The molecule has 0 bridgehead atoms. The average molecular weight is 414 g/mol. The molecule has 0 unspecified atom stereocenters. The van der Waals surface area contributed by atoms with Gasteiger partial charge in [-0.15, -0.1) is 11.3 Å². The number of hydrogen-bond donors (Lipinski definition) is 3. The molecule has 5 nitrogen and oxygen atoms in total. The lowest BCUT2D eigenvalue weighted by molar-refractivity contribution is 0.0949. The summed E-state index contributed by atoms with van der Waals surface area (Å²) in [6, 6.07) is 16.4. The Morgan fingerprint density at radius 2 is 1.79 bits per heavy atom. The zero-order chi connectivity index (χ0) is 20.1. The van der Waals surface area contributed by atoms with E-state index in [1.54, 1.807) is 37.3 Å². The van der Waals surface area contributed by atoms with Crippen LogP contribution < -0.4 is 16.4 Å². The van der Waals surface area contributed by atoms with Crippen molar-refractivity contribution >= 4 is 40.4 Å². The summed E-state index contributed by atoms with van der Waals surface area (Å²) >= 11 is 7.09. The Labute approximate surface area is 172 Å². The van der Waals surface area contributed by atoms with Crippen molar-refractivity contribution < 1.29 is 9.59 Å². The molecule has 7 heteroatoms. The maximum Gasteiger partial charge on any atom is 0.265 e. The smallest absolute Gasteiger partial charge is 0.265 e. The third kappa shape index (κ3) is 4.78. The molecule has 144 valence electrons. The van der Waals surface area contributed by atoms with Crippen LogP contribution >= 0.6 is 22.9 Å². The highest BCUT2D eigenvalue weighted by Crippen LogP contribution is 2.24. The maximum absolute atomic E-state index is 12.6. The zero-order valence-electron chi connectivity index (χ0n) is 15.3. The minimum Gasteiger partial charge on any atom is -0.348 e. The maximum atomic E-state index is 12.6. The Balaban J connectivity index is 1.70. The summed E-state index contributed by atoms with van der Waals surface area (Å²) in [6.45, 7) is 2.66. The van der Waals surface area contributed by atoms with Gasteiger partial charge in [0.25, 0.3) is 11.8 Å². The van der Waals surface area contributed by atoms with Crippen molar-refractivity contribution in [1.29, 1.82) is 0 Å². The van der Waals surface area contributed by atoms with Gasteiger partial charge in [0.2, 0.25) is 0 Å². The van der Waals surface area contributed by atoms with Crippen LogP contribution in [0.3, 0.4) is 0 Å². The molecule has 28 heavy (non-hydrogen) atoms. The number of benzene rings is 2. The number of thiophene rings is 1. The highest BCUT2D eigenvalue weighted by Gasteiger charge is 2.15. The number of anilines is 1. The zero-order valence-corrected chi connectivity index (χ0v) is 16.9. The molecule has 0 radical (unpaired) electrons. The molecule has 4 N–H and O–H groups in total. The largest absolute Gasteiger partial charge is 0.348 e. The topological polar surface area (TPSA) is 84.2 Å². The van der Waals surface area contributed by atoms with Crippen LogP contribution in [0.2, 0.25) is 4.34 Å². The Bertz CT molecular complexity index is 1020. The average Bonchev–Trinajstić information content (AvgIpc) is 3.14. The summed E-state index contributed by atoms with van der Waals surface area (Å²) in [5, 5.41) is 5.76. The van der Waals surface area contributed by atoms with Gasteiger partial charge in [0.05, 0.1) is 9.21 Å². The van der Waals surface area contributed by atoms with Crippen LogP contribution in [-0.4, -0.2) is 11.8 Å². The molecule has 0 spiro atoms. The molecule has 3 rings (SSSR count). The lowest BCUT2D eigenvalue weighted by Gasteiger charge is -2.13. The SMILES string of the molecule is Cc1c(NC(=O)c2ccc(Cl)s2)cccc1C(=O)NCc1cccc(CN)c1. The summed E-state index contributed by atoms with van der Waals surface area (Å²) in [6.07, 6.45) is 0. The quantitative estimate of drug-likeness (QED) is 0.561. The van der Waals surface area contributed by atoms with Crippen molar-refractivity contribution in [3.63, 3.8) is 0 Å². The first-order valence-electron chi connectivity index (χ1n) is 8.70. The Kier molecular flexibility index (Phi) is 6.46. The van der Waals surface area contributed by atoms with Crippen molar-refractivity contribution in [3.05, 3.63) is 86.1 Å². The van der Waals surface area contributed by atoms with Gasteiger partial charge in [0.15, 0.2) is 0 Å². The van der Waals surface area contributed by atoms with Gasteiger partial charge in [-0.1, -0.05) is 41.9 Å². The Morgan fingerprint density at radius 3 is 2.50 bits per heavy atom. The van der Waals surface area contributed by atoms with E-state index in [1.807, 2.05) is 24.3 Å². The molecule has 3 aromatic rings. The van der Waals surface area contributed by atoms with Gasteiger partial charge in [-0.3, -0.25) is 9.59 Å². The summed E-state index contributed by atoms with van der Waals surface area (Å²) in [5.41, 5.74) is 9.45. The van der Waals surface area contributed by atoms with E-state index in [1.165, 1.54) is 11.3 Å². The summed E-state index contributed by atoms with van der Waals surface area (Å²) in [7, 11) is 0. The van der Waals surface area contributed by atoms with Crippen molar-refractivity contribution in [2.75, 3.05) is 5.32 Å². The van der Waals surface area contributed by atoms with E-state index >= 15 is 0 Å². The van der Waals surface area contributed by atoms with Crippen LogP contribution in [0.5, 0.6) is 0 Å². The fourth-order valence-corrected chi connectivity index (χ4v) is 3.72. The van der Waals surface area contributed by atoms with E-state index in [0.29, 0.717) is 39.1 Å². The number of rotatable bonds is 6. The third-order valence-corrected chi connectivity index (χ3v) is 5.53. The summed E-state index contributed by atoms with van der Waals surface area (Å²) in [5.74, 6) is -0.456. The molecule has 0 fully saturated rings. The highest BCUT2D eigenvalue weighted by molar-refractivity contribution is 7.18. The second kappa shape index (κ2) is 9.01. The molecule has 0 saturated carbocycles. The van der Waals surface area contributed by atoms with E-state index in [9.17, 15) is 9.59 Å². The van der Waals surface area contributed by atoms with Gasteiger partial charge in [0, 0.05) is 24.3 Å². The third-order valence-electron chi connectivity index (χ3n) is 4.30. The molecule has 1 heterocycles. The lowest BCUT2D eigenvalue weighted by Crippen LogP contribution is -2.24. The first kappa shape index (κ1) is 20.1. The van der Waals surface area contributed by atoms with Crippen molar-refractivity contribution in [1.82, 2.24) is 5.32 Å². The second-order valence-electron chi connectivity index (χ2n) is 6.24. The number of halogens is 1. The van der Waals surface area contributed by atoms with E-state index in [2.05, 4.69) is 10.6 Å². The molecule has 0 saturated heterocycles. The van der Waals surface area contributed by atoms with Crippen LogP contribution in [0.4, 0.5) is 5.69 Å².